The Balaban J connectivity index is 1.82. The summed E-state index contributed by atoms with van der Waals surface area (Å²) in [4.78, 5) is 13.1. The van der Waals surface area contributed by atoms with Gasteiger partial charge in [-0.1, -0.05) is 11.6 Å². The van der Waals surface area contributed by atoms with Gasteiger partial charge in [-0.25, -0.2) is 9.07 Å². The van der Waals surface area contributed by atoms with Gasteiger partial charge in [0.25, 0.3) is 0 Å². The highest BCUT2D eigenvalue weighted by Gasteiger charge is 2.23. The van der Waals surface area contributed by atoms with Crippen molar-refractivity contribution in [3.63, 3.8) is 0 Å². The van der Waals surface area contributed by atoms with Gasteiger partial charge in [0.1, 0.15) is 17.6 Å². The van der Waals surface area contributed by atoms with Crippen molar-refractivity contribution < 1.29 is 13.9 Å². The number of fused-ring (bicyclic) bond motifs is 1. The van der Waals surface area contributed by atoms with E-state index in [0.717, 1.165) is 25.3 Å². The number of anilines is 1. The minimum Gasteiger partial charge on any atom is -0.398 e. The van der Waals surface area contributed by atoms with Gasteiger partial charge in [-0.2, -0.15) is 5.10 Å². The van der Waals surface area contributed by atoms with E-state index in [4.69, 9.17) is 22.1 Å². The van der Waals surface area contributed by atoms with Gasteiger partial charge in [0.05, 0.1) is 9.50 Å². The fraction of sp³-hybridized carbons (Fsp3) is 0.263. The van der Waals surface area contributed by atoms with Crippen molar-refractivity contribution >= 4 is 49.9 Å². The van der Waals surface area contributed by atoms with Crippen molar-refractivity contribution in [3.8, 4) is 0 Å². The Labute approximate surface area is 168 Å². The summed E-state index contributed by atoms with van der Waals surface area (Å²) < 4.78 is 21.3. The van der Waals surface area contributed by atoms with E-state index in [1.807, 2.05) is 0 Å². The van der Waals surface area contributed by atoms with Crippen LogP contribution in [0.15, 0.2) is 34.9 Å². The van der Waals surface area contributed by atoms with Crippen LogP contribution in [-0.4, -0.2) is 22.2 Å². The molecule has 1 aliphatic rings. The van der Waals surface area contributed by atoms with Gasteiger partial charge in [-0.05, 0) is 59.5 Å². The number of rotatable bonds is 3. The van der Waals surface area contributed by atoms with Crippen LogP contribution in [0.25, 0.3) is 10.9 Å². The highest BCUT2D eigenvalue weighted by atomic mass is 79.9. The minimum atomic E-state index is -0.521. The first kappa shape index (κ1) is 18.4. The van der Waals surface area contributed by atoms with E-state index < -0.39 is 5.82 Å². The van der Waals surface area contributed by atoms with Crippen LogP contribution < -0.4 is 5.73 Å². The van der Waals surface area contributed by atoms with Crippen molar-refractivity contribution in [3.05, 3.63) is 56.9 Å². The molecule has 1 aliphatic heterocycles. The second-order valence-corrected chi connectivity index (χ2v) is 7.73. The summed E-state index contributed by atoms with van der Waals surface area (Å²) in [6.07, 6.45) is 4.54. The van der Waals surface area contributed by atoms with E-state index in [9.17, 15) is 9.18 Å². The summed E-state index contributed by atoms with van der Waals surface area (Å²) in [5.74, 6) is -0.841. The van der Waals surface area contributed by atoms with Crippen molar-refractivity contribution in [2.45, 2.75) is 25.5 Å². The van der Waals surface area contributed by atoms with Crippen LogP contribution in [0.5, 0.6) is 0 Å². The number of halogens is 3. The maximum absolute atomic E-state index is 13.7. The number of aromatic nitrogens is 2. The van der Waals surface area contributed by atoms with Gasteiger partial charge >= 0.3 is 0 Å². The van der Waals surface area contributed by atoms with E-state index in [0.29, 0.717) is 28.1 Å². The molecule has 27 heavy (non-hydrogen) atoms. The van der Waals surface area contributed by atoms with Gasteiger partial charge < -0.3 is 10.5 Å². The zero-order valence-corrected chi connectivity index (χ0v) is 16.6. The number of hydrogen-bond acceptors (Lipinski definition) is 4. The molecule has 0 spiro atoms. The minimum absolute atomic E-state index is 0.0757. The Bertz CT molecular complexity index is 1050. The van der Waals surface area contributed by atoms with Crippen molar-refractivity contribution in [2.24, 2.45) is 0 Å². The normalized spacial score (nSPS) is 17.4. The van der Waals surface area contributed by atoms with Gasteiger partial charge in [0.15, 0.2) is 5.78 Å². The largest absolute Gasteiger partial charge is 0.398 e. The second kappa shape index (κ2) is 7.22. The predicted molar refractivity (Wildman–Crippen MR) is 106 cm³/mol. The molecule has 4 rings (SSSR count). The molecule has 2 heterocycles. The molecule has 3 aromatic rings. The van der Waals surface area contributed by atoms with Crippen molar-refractivity contribution in [2.75, 3.05) is 12.3 Å². The molecule has 1 atom stereocenters. The van der Waals surface area contributed by atoms with Gasteiger partial charge in [0, 0.05) is 35.0 Å². The van der Waals surface area contributed by atoms with Crippen LogP contribution >= 0.6 is 27.5 Å². The number of nitrogens with two attached hydrogens (primary N) is 1. The first-order valence-electron chi connectivity index (χ1n) is 8.54. The Hall–Kier alpha value is -1.96. The Kier molecular flexibility index (Phi) is 4.92. The van der Waals surface area contributed by atoms with Gasteiger partial charge in [-0.15, -0.1) is 0 Å². The van der Waals surface area contributed by atoms with Crippen LogP contribution in [0.1, 0.15) is 41.4 Å². The van der Waals surface area contributed by atoms with Crippen molar-refractivity contribution in [1.82, 2.24) is 9.78 Å². The molecule has 8 heteroatoms. The van der Waals surface area contributed by atoms with E-state index in [2.05, 4.69) is 21.0 Å². The summed E-state index contributed by atoms with van der Waals surface area (Å²) in [5, 5.41) is 5.59. The Morgan fingerprint density at radius 1 is 1.33 bits per heavy atom. The van der Waals surface area contributed by atoms with Crippen LogP contribution in [0.2, 0.25) is 5.02 Å². The van der Waals surface area contributed by atoms with E-state index in [1.165, 1.54) is 6.07 Å². The molecule has 0 bridgehead atoms. The predicted octanol–water partition coefficient (Wildman–Crippen LogP) is 5.10. The number of ketones is 1. The number of carbonyl (C=O) groups excluding carboxylic acids is 1. The first-order chi connectivity index (χ1) is 13.0. The molecule has 0 radical (unpaired) electrons. The third-order valence-electron chi connectivity index (χ3n) is 4.68. The number of nitrogens with zero attached hydrogens (tertiary/aromatic N) is 2. The second-order valence-electron chi connectivity index (χ2n) is 6.47. The summed E-state index contributed by atoms with van der Waals surface area (Å²) >= 11 is 9.40. The number of carbonyl (C=O) groups is 1. The molecule has 2 N–H and O–H groups in total. The average Bonchev–Trinajstić information content (AvgIpc) is 3.11. The fourth-order valence-electron chi connectivity index (χ4n) is 3.27. The molecule has 1 saturated heterocycles. The quantitative estimate of drug-likeness (QED) is 0.443. The molecule has 1 unspecified atom stereocenters. The lowest BCUT2D eigenvalue weighted by atomic mass is 9.99. The highest BCUT2D eigenvalue weighted by molar-refractivity contribution is 9.10. The summed E-state index contributed by atoms with van der Waals surface area (Å²) in [6.45, 7) is 0.681. The maximum atomic E-state index is 13.7. The molecule has 2 aromatic carbocycles. The zero-order chi connectivity index (χ0) is 19.1. The molecule has 0 amide bonds. The summed E-state index contributed by atoms with van der Waals surface area (Å²) in [6, 6.07) is 5.79. The topological polar surface area (TPSA) is 70.1 Å². The lowest BCUT2D eigenvalue weighted by Gasteiger charge is -2.22. The number of ether oxygens (including phenoxy) is 1. The third-order valence-corrected chi connectivity index (χ3v) is 5.59. The fourth-order valence-corrected chi connectivity index (χ4v) is 3.82. The van der Waals surface area contributed by atoms with Crippen molar-refractivity contribution in [1.29, 1.82) is 0 Å². The van der Waals surface area contributed by atoms with E-state index >= 15 is 0 Å². The third kappa shape index (κ3) is 3.35. The lowest BCUT2D eigenvalue weighted by molar-refractivity contribution is -0.0390. The van der Waals surface area contributed by atoms with Crippen LogP contribution in [0.4, 0.5) is 10.1 Å². The lowest BCUT2D eigenvalue weighted by Crippen LogP contribution is -2.18. The molecule has 5 nitrogen and oxygen atoms in total. The number of benzene rings is 2. The SMILES string of the molecule is Nc1cc(F)c(Br)cc1C(=O)c1ccc(Cl)c2nn(C3CCCCO3)cc12. The first-order valence-corrected chi connectivity index (χ1v) is 9.71. The van der Waals surface area contributed by atoms with Crippen LogP contribution in [0.3, 0.4) is 0 Å². The Morgan fingerprint density at radius 3 is 2.89 bits per heavy atom. The monoisotopic (exact) mass is 451 g/mol. The standard InChI is InChI=1S/C19H16BrClFN3O2/c20-13-7-11(16(23)8-15(13)22)19(26)10-4-5-14(21)18-12(10)9-25(24-18)17-3-1-2-6-27-17/h4-5,7-9,17H,1-3,6,23H2. The summed E-state index contributed by atoms with van der Waals surface area (Å²) in [5.41, 5.74) is 7.10. The zero-order valence-electron chi connectivity index (χ0n) is 14.2. The maximum Gasteiger partial charge on any atom is 0.195 e. The average molecular weight is 453 g/mol. The number of hydrogen-bond donors (Lipinski definition) is 1. The van der Waals surface area contributed by atoms with E-state index in [1.54, 1.807) is 23.0 Å². The summed E-state index contributed by atoms with van der Waals surface area (Å²) in [7, 11) is 0. The molecule has 140 valence electrons. The highest BCUT2D eigenvalue weighted by Crippen LogP contribution is 2.32. The Morgan fingerprint density at radius 2 is 2.15 bits per heavy atom. The molecule has 0 aliphatic carbocycles. The molecular formula is C19H16BrClFN3O2. The van der Waals surface area contributed by atoms with Crippen LogP contribution in [-0.2, 0) is 4.74 Å². The molecule has 1 fully saturated rings. The molecular weight excluding hydrogens is 437 g/mol. The van der Waals surface area contributed by atoms with Gasteiger partial charge in [0.2, 0.25) is 0 Å². The smallest absolute Gasteiger partial charge is 0.195 e. The van der Waals surface area contributed by atoms with E-state index in [-0.39, 0.29) is 27.7 Å². The molecule has 1 aromatic heterocycles. The number of nitrogen functional groups attached to an aromatic ring is 1. The molecule has 0 saturated carbocycles. The van der Waals surface area contributed by atoms with Crippen LogP contribution in [0, 0.1) is 5.82 Å². The van der Waals surface area contributed by atoms with Gasteiger partial charge in [-0.3, -0.25) is 4.79 Å².